The Morgan fingerprint density at radius 1 is 1.58 bits per heavy atom. The topological polar surface area (TPSA) is 86.7 Å². The molecule has 0 bridgehead atoms. The van der Waals surface area contributed by atoms with Crippen LogP contribution in [-0.4, -0.2) is 48.3 Å². The normalized spacial score (nSPS) is 20.1. The highest BCUT2D eigenvalue weighted by Crippen LogP contribution is 2.35. The zero-order valence-corrected chi connectivity index (χ0v) is 12.8. The molecular formula is C10H14NO5S3-. The summed E-state index contributed by atoms with van der Waals surface area (Å²) in [7, 11) is -1.99. The highest BCUT2D eigenvalue weighted by Gasteiger charge is 2.33. The number of nitrogens with zero attached hydrogens (tertiary/aromatic N) is 1. The number of methoxy groups -OCH3 is 1. The second-order valence-corrected chi connectivity index (χ2v) is 8.47. The maximum absolute atomic E-state index is 12.3. The smallest absolute Gasteiger partial charge is 0.252 e. The van der Waals surface area contributed by atoms with Crippen LogP contribution in [0.25, 0.3) is 0 Å². The number of ether oxygens (including phenoxy) is 1. The standard InChI is InChI=1S/C10H15NO5S3/c1-16-6-2-4-11-5-3-8-7-9(18(12)13)17-10(8)19(11,14)15/h7H,2-6H2,1H3,(H,12,13)/p-1. The van der Waals surface area contributed by atoms with Crippen LogP contribution >= 0.6 is 11.3 Å². The minimum absolute atomic E-state index is 0.0762. The average molecular weight is 324 g/mol. The van der Waals surface area contributed by atoms with Crippen molar-refractivity contribution in [2.75, 3.05) is 26.8 Å². The van der Waals surface area contributed by atoms with Crippen molar-refractivity contribution in [1.29, 1.82) is 0 Å². The van der Waals surface area contributed by atoms with E-state index in [9.17, 15) is 17.2 Å². The van der Waals surface area contributed by atoms with Gasteiger partial charge in [-0.2, -0.15) is 4.31 Å². The van der Waals surface area contributed by atoms with Crippen LogP contribution in [0.3, 0.4) is 0 Å². The minimum atomic E-state index is -3.55. The predicted molar refractivity (Wildman–Crippen MR) is 70.5 cm³/mol. The van der Waals surface area contributed by atoms with Crippen LogP contribution in [0.2, 0.25) is 0 Å². The molecule has 1 atom stereocenters. The third-order valence-electron chi connectivity index (χ3n) is 2.87. The summed E-state index contributed by atoms with van der Waals surface area (Å²) in [6.45, 7) is 1.28. The molecule has 0 spiro atoms. The summed E-state index contributed by atoms with van der Waals surface area (Å²) >= 11 is -1.56. The highest BCUT2D eigenvalue weighted by molar-refractivity contribution is 7.92. The maximum atomic E-state index is 12.3. The first-order chi connectivity index (χ1) is 8.96. The molecule has 0 aliphatic carbocycles. The van der Waals surface area contributed by atoms with Crippen molar-refractivity contribution < 1.29 is 21.9 Å². The van der Waals surface area contributed by atoms with Crippen LogP contribution in [0, 0.1) is 0 Å². The van der Waals surface area contributed by atoms with Gasteiger partial charge in [0.15, 0.2) is 0 Å². The van der Waals surface area contributed by atoms with Gasteiger partial charge in [-0.15, -0.1) is 11.3 Å². The third kappa shape index (κ3) is 3.06. The lowest BCUT2D eigenvalue weighted by Crippen LogP contribution is -2.37. The SMILES string of the molecule is COCCCN1CCc2cc(S(=O)[O-])sc2S1(=O)=O. The van der Waals surface area contributed by atoms with Gasteiger partial charge < -0.3 is 9.29 Å². The van der Waals surface area contributed by atoms with Crippen LogP contribution in [-0.2, 0) is 32.3 Å². The van der Waals surface area contributed by atoms with Gasteiger partial charge >= 0.3 is 0 Å². The molecule has 108 valence electrons. The van der Waals surface area contributed by atoms with Gasteiger partial charge in [0.1, 0.15) is 4.21 Å². The van der Waals surface area contributed by atoms with Gasteiger partial charge in [-0.1, -0.05) is 0 Å². The molecule has 0 amide bonds. The molecule has 2 rings (SSSR count). The van der Waals surface area contributed by atoms with Crippen molar-refractivity contribution in [2.45, 2.75) is 21.3 Å². The first-order valence-corrected chi connectivity index (χ1v) is 9.01. The Kier molecular flexibility index (Phi) is 4.75. The molecule has 6 nitrogen and oxygen atoms in total. The van der Waals surface area contributed by atoms with Crippen LogP contribution in [0.1, 0.15) is 12.0 Å². The molecule has 9 heteroatoms. The van der Waals surface area contributed by atoms with Gasteiger partial charge in [-0.25, -0.2) is 8.42 Å². The van der Waals surface area contributed by atoms with E-state index < -0.39 is 21.1 Å². The Morgan fingerprint density at radius 2 is 2.32 bits per heavy atom. The highest BCUT2D eigenvalue weighted by atomic mass is 32.3. The summed E-state index contributed by atoms with van der Waals surface area (Å²) in [5, 5.41) is 0. The summed E-state index contributed by atoms with van der Waals surface area (Å²) in [5.41, 5.74) is 0.604. The van der Waals surface area contributed by atoms with Gasteiger partial charge in [0, 0.05) is 26.8 Å². The van der Waals surface area contributed by atoms with Gasteiger partial charge in [-0.05, 0) is 35.6 Å². The molecule has 0 radical (unpaired) electrons. The quantitative estimate of drug-likeness (QED) is 0.584. The van der Waals surface area contributed by atoms with E-state index in [1.54, 1.807) is 7.11 Å². The minimum Gasteiger partial charge on any atom is -0.768 e. The number of hydrogen-bond donors (Lipinski definition) is 0. The number of sulfonamides is 1. The van der Waals surface area contributed by atoms with E-state index in [0.717, 1.165) is 11.3 Å². The molecule has 0 N–H and O–H groups in total. The Balaban J connectivity index is 2.25. The molecule has 0 aromatic carbocycles. The molecule has 1 aliphatic heterocycles. The fourth-order valence-corrected chi connectivity index (χ4v) is 5.99. The first kappa shape index (κ1) is 15.1. The summed E-state index contributed by atoms with van der Waals surface area (Å²) in [6.07, 6.45) is 1.17. The van der Waals surface area contributed by atoms with E-state index in [0.29, 0.717) is 38.1 Å². The van der Waals surface area contributed by atoms with Crippen molar-refractivity contribution in [2.24, 2.45) is 0 Å². The van der Waals surface area contributed by atoms with Crippen LogP contribution in [0.5, 0.6) is 0 Å². The lowest BCUT2D eigenvalue weighted by Gasteiger charge is -2.25. The average Bonchev–Trinajstić information content (AvgIpc) is 2.78. The second kappa shape index (κ2) is 5.98. The fraction of sp³-hybridized carbons (Fsp3) is 0.600. The largest absolute Gasteiger partial charge is 0.768 e. The number of fused-ring (bicyclic) bond motifs is 1. The van der Waals surface area contributed by atoms with Gasteiger partial charge in [0.05, 0.1) is 4.21 Å². The van der Waals surface area contributed by atoms with Gasteiger partial charge in [0.2, 0.25) is 0 Å². The lowest BCUT2D eigenvalue weighted by atomic mass is 10.2. The van der Waals surface area contributed by atoms with Crippen molar-refractivity contribution in [3.8, 4) is 0 Å². The molecule has 19 heavy (non-hydrogen) atoms. The molecule has 2 heterocycles. The molecule has 1 aliphatic rings. The summed E-state index contributed by atoms with van der Waals surface area (Å²) in [5.74, 6) is 0. The van der Waals surface area contributed by atoms with E-state index in [2.05, 4.69) is 0 Å². The Morgan fingerprint density at radius 3 is 2.95 bits per heavy atom. The first-order valence-electron chi connectivity index (χ1n) is 5.68. The predicted octanol–water partition coefficient (Wildman–Crippen LogP) is 0.569. The second-order valence-electron chi connectivity index (χ2n) is 4.11. The zero-order chi connectivity index (χ0) is 14.0. The van der Waals surface area contributed by atoms with E-state index in [1.165, 1.54) is 10.4 Å². The third-order valence-corrected chi connectivity index (χ3v) is 7.40. The van der Waals surface area contributed by atoms with Crippen LogP contribution < -0.4 is 0 Å². The Bertz CT molecular complexity index is 580. The van der Waals surface area contributed by atoms with Crippen LogP contribution in [0.15, 0.2) is 14.5 Å². The molecule has 0 saturated carbocycles. The Hall–Kier alpha value is -0.320. The summed E-state index contributed by atoms with van der Waals surface area (Å²) in [4.78, 5) is 0. The number of rotatable bonds is 5. The number of hydrogen-bond acceptors (Lipinski definition) is 6. The molecule has 1 aromatic rings. The fourth-order valence-electron chi connectivity index (χ4n) is 1.96. The summed E-state index contributed by atoms with van der Waals surface area (Å²) < 4.78 is 53.0. The number of thiophene rings is 1. The van der Waals surface area contributed by atoms with Gasteiger partial charge in [0.25, 0.3) is 10.0 Å². The van der Waals surface area contributed by atoms with E-state index in [1.807, 2.05) is 0 Å². The molecular weight excluding hydrogens is 310 g/mol. The van der Waals surface area contributed by atoms with Crippen molar-refractivity contribution >= 4 is 32.4 Å². The molecule has 1 aromatic heterocycles. The van der Waals surface area contributed by atoms with E-state index in [4.69, 9.17) is 4.74 Å². The monoisotopic (exact) mass is 324 g/mol. The van der Waals surface area contributed by atoms with E-state index >= 15 is 0 Å². The van der Waals surface area contributed by atoms with Crippen molar-refractivity contribution in [3.05, 3.63) is 11.6 Å². The molecule has 0 saturated heterocycles. The zero-order valence-electron chi connectivity index (χ0n) is 10.3. The van der Waals surface area contributed by atoms with Crippen molar-refractivity contribution in [1.82, 2.24) is 4.31 Å². The summed E-state index contributed by atoms with van der Waals surface area (Å²) in [6, 6.07) is 1.45. The van der Waals surface area contributed by atoms with Crippen LogP contribution in [0.4, 0.5) is 0 Å². The van der Waals surface area contributed by atoms with Gasteiger partial charge in [-0.3, -0.25) is 4.21 Å². The Labute approximate surface area is 118 Å². The lowest BCUT2D eigenvalue weighted by molar-refractivity contribution is 0.187. The van der Waals surface area contributed by atoms with Crippen molar-refractivity contribution in [3.63, 3.8) is 0 Å². The molecule has 1 unspecified atom stereocenters. The maximum Gasteiger partial charge on any atom is 0.252 e. The molecule has 0 fully saturated rings. The van der Waals surface area contributed by atoms with E-state index in [-0.39, 0.29) is 8.42 Å².